The van der Waals surface area contributed by atoms with E-state index in [1.165, 1.54) is 103 Å². The van der Waals surface area contributed by atoms with E-state index in [-0.39, 0.29) is 19.2 Å². The third kappa shape index (κ3) is 37.3. The molecule has 0 amide bonds. The highest BCUT2D eigenvalue weighted by atomic mass is 16.7. The van der Waals surface area contributed by atoms with Crippen LogP contribution in [0.5, 0.6) is 0 Å². The summed E-state index contributed by atoms with van der Waals surface area (Å²) in [6.45, 7) is 4.42. The summed E-state index contributed by atoms with van der Waals surface area (Å²) in [6.07, 6.45) is 55.0. The first kappa shape index (κ1) is 60.6. The molecule has 1 aliphatic heterocycles. The summed E-state index contributed by atoms with van der Waals surface area (Å²) in [7, 11) is 0. The van der Waals surface area contributed by atoms with Crippen molar-refractivity contribution in [2.45, 2.75) is 250 Å². The first-order valence-electron chi connectivity index (χ1n) is 26.5. The van der Waals surface area contributed by atoms with Crippen LogP contribution in [0.4, 0.5) is 0 Å². The third-order valence-corrected chi connectivity index (χ3v) is 11.9. The molecule has 65 heavy (non-hydrogen) atoms. The number of unbranched alkanes of at least 4 members (excludes halogenated alkanes) is 22. The second kappa shape index (κ2) is 46.7. The van der Waals surface area contributed by atoms with Gasteiger partial charge in [-0.1, -0.05) is 215 Å². The predicted octanol–water partition coefficient (Wildman–Crippen LogP) is 13.2. The van der Waals surface area contributed by atoms with Crippen LogP contribution in [0.15, 0.2) is 72.9 Å². The van der Waals surface area contributed by atoms with Gasteiger partial charge in [-0.25, -0.2) is 0 Å². The molecule has 0 saturated carbocycles. The topological polar surface area (TPSA) is 135 Å². The van der Waals surface area contributed by atoms with Gasteiger partial charge in [-0.3, -0.25) is 4.79 Å². The van der Waals surface area contributed by atoms with E-state index < -0.39 is 43.4 Å². The smallest absolute Gasteiger partial charge is 0.306 e. The lowest BCUT2D eigenvalue weighted by Gasteiger charge is -2.39. The van der Waals surface area contributed by atoms with E-state index in [1.807, 2.05) is 0 Å². The Morgan fingerprint density at radius 2 is 0.938 bits per heavy atom. The first-order valence-corrected chi connectivity index (χ1v) is 26.5. The molecule has 9 nitrogen and oxygen atoms in total. The van der Waals surface area contributed by atoms with Crippen LogP contribution in [-0.2, 0) is 23.7 Å². The lowest BCUT2D eigenvalue weighted by atomic mass is 9.99. The minimum Gasteiger partial charge on any atom is -0.457 e. The monoisotopic (exact) mass is 915 g/mol. The first-order chi connectivity index (χ1) is 31.9. The maximum absolute atomic E-state index is 12.8. The van der Waals surface area contributed by atoms with Crippen LogP contribution in [0.1, 0.15) is 213 Å². The maximum atomic E-state index is 12.8. The lowest BCUT2D eigenvalue weighted by Crippen LogP contribution is -2.59. The number of aliphatic hydroxyl groups excluding tert-OH is 4. The van der Waals surface area contributed by atoms with E-state index in [0.29, 0.717) is 13.0 Å². The number of hydrogen-bond donors (Lipinski definition) is 4. The number of aliphatic hydroxyl groups is 4. The summed E-state index contributed by atoms with van der Waals surface area (Å²) < 4.78 is 22.9. The molecule has 1 aliphatic rings. The molecule has 6 unspecified atom stereocenters. The van der Waals surface area contributed by atoms with Gasteiger partial charge in [-0.15, -0.1) is 0 Å². The van der Waals surface area contributed by atoms with Gasteiger partial charge in [0.1, 0.15) is 30.5 Å². The van der Waals surface area contributed by atoms with E-state index in [0.717, 1.165) is 89.9 Å². The molecule has 376 valence electrons. The maximum Gasteiger partial charge on any atom is 0.306 e. The summed E-state index contributed by atoms with van der Waals surface area (Å²) in [6, 6.07) is 0. The van der Waals surface area contributed by atoms with Gasteiger partial charge >= 0.3 is 5.97 Å². The Morgan fingerprint density at radius 3 is 1.42 bits per heavy atom. The molecule has 0 bridgehead atoms. The summed E-state index contributed by atoms with van der Waals surface area (Å²) in [5.41, 5.74) is 0. The molecule has 0 aliphatic carbocycles. The molecule has 4 N–H and O–H groups in total. The molecule has 1 heterocycles. The molecule has 0 spiro atoms. The van der Waals surface area contributed by atoms with Gasteiger partial charge in [0.15, 0.2) is 6.29 Å². The van der Waals surface area contributed by atoms with Crippen LogP contribution in [0.25, 0.3) is 0 Å². The van der Waals surface area contributed by atoms with Crippen LogP contribution in [0, 0.1) is 0 Å². The average molecular weight is 915 g/mol. The summed E-state index contributed by atoms with van der Waals surface area (Å²) in [5, 5.41) is 40.3. The van der Waals surface area contributed by atoms with Crippen LogP contribution in [0.3, 0.4) is 0 Å². The van der Waals surface area contributed by atoms with E-state index in [9.17, 15) is 25.2 Å². The molecular weight excluding hydrogens is 817 g/mol. The minimum absolute atomic E-state index is 0.123. The van der Waals surface area contributed by atoms with Crippen molar-refractivity contribution < 1.29 is 44.2 Å². The summed E-state index contributed by atoms with van der Waals surface area (Å²) >= 11 is 0. The summed E-state index contributed by atoms with van der Waals surface area (Å²) in [4.78, 5) is 12.8. The fourth-order valence-corrected chi connectivity index (χ4v) is 7.79. The van der Waals surface area contributed by atoms with Crippen molar-refractivity contribution in [1.82, 2.24) is 0 Å². The Hall–Kier alpha value is -2.37. The molecule has 0 aromatic rings. The van der Waals surface area contributed by atoms with Crippen molar-refractivity contribution in [1.29, 1.82) is 0 Å². The number of esters is 1. The fraction of sp³-hybridized carbons (Fsp3) is 0.768. The van der Waals surface area contributed by atoms with Crippen molar-refractivity contribution in [2.75, 3.05) is 26.4 Å². The van der Waals surface area contributed by atoms with Gasteiger partial charge in [-0.2, -0.15) is 0 Å². The highest BCUT2D eigenvalue weighted by molar-refractivity contribution is 5.69. The molecule has 0 radical (unpaired) electrons. The van der Waals surface area contributed by atoms with Crippen molar-refractivity contribution in [2.24, 2.45) is 0 Å². The number of hydrogen-bond acceptors (Lipinski definition) is 9. The molecule has 0 aromatic heterocycles. The van der Waals surface area contributed by atoms with Gasteiger partial charge in [-0.05, 0) is 64.2 Å². The molecule has 1 saturated heterocycles. The average Bonchev–Trinajstić information content (AvgIpc) is 3.31. The molecule has 9 heteroatoms. The Morgan fingerprint density at radius 1 is 0.508 bits per heavy atom. The molecule has 1 fully saturated rings. The summed E-state index contributed by atoms with van der Waals surface area (Å²) in [5.74, 6) is -0.320. The Balaban J connectivity index is 2.22. The fourth-order valence-electron chi connectivity index (χ4n) is 7.79. The minimum atomic E-state index is -1.54. The highest BCUT2D eigenvalue weighted by Gasteiger charge is 2.44. The zero-order valence-corrected chi connectivity index (χ0v) is 41.5. The van der Waals surface area contributed by atoms with Crippen molar-refractivity contribution in [3.63, 3.8) is 0 Å². The number of allylic oxidation sites excluding steroid dienone is 12. The van der Waals surface area contributed by atoms with Gasteiger partial charge in [0.05, 0.1) is 19.8 Å². The standard InChI is InChI=1S/C56H98O9/c1-3-5-7-9-11-13-15-17-19-21-23-24-25-26-27-28-30-32-34-36-38-40-42-44-46-62-48-50(49-63-56-55(61)54(60)53(59)51(47-57)65-56)64-52(58)45-43-41-39-37-35-33-31-29-22-20-18-16-14-12-10-8-6-4-2/h5,7,11,13,17,19,23-24,26-27,30,32,50-51,53-57,59-61H,3-4,6,8-10,12,14-16,18,20-22,25,28-29,31,33-49H2,1-2H3/b7-5-,13-11-,19-17-,24-23-,27-26-,32-30-. The van der Waals surface area contributed by atoms with Crippen molar-refractivity contribution >= 4 is 5.97 Å². The van der Waals surface area contributed by atoms with E-state index >= 15 is 0 Å². The van der Waals surface area contributed by atoms with Gasteiger partial charge in [0, 0.05) is 13.0 Å². The number of carbonyl (C=O) groups excluding carboxylic acids is 1. The van der Waals surface area contributed by atoms with Crippen molar-refractivity contribution in [3.8, 4) is 0 Å². The van der Waals surface area contributed by atoms with E-state index in [2.05, 4.69) is 86.8 Å². The van der Waals surface area contributed by atoms with Gasteiger partial charge in [0.2, 0.25) is 0 Å². The molecule has 6 atom stereocenters. The van der Waals surface area contributed by atoms with Gasteiger partial charge < -0.3 is 39.4 Å². The molecule has 1 rings (SSSR count). The van der Waals surface area contributed by atoms with E-state index in [1.54, 1.807) is 0 Å². The second-order valence-corrected chi connectivity index (χ2v) is 17.9. The zero-order chi connectivity index (χ0) is 47.1. The Labute approximate surface area is 397 Å². The molecule has 0 aromatic carbocycles. The SMILES string of the molecule is CC/C=C\C/C=C\C/C=C\C/C=C\C/C=C\C/C=C\CCCCCCCOCC(COC1OC(CO)C(O)C(O)C1O)OC(=O)CCCCCCCCCCCCCCCCCCCC. The largest absolute Gasteiger partial charge is 0.457 e. The lowest BCUT2D eigenvalue weighted by molar-refractivity contribution is -0.305. The number of carbonyl (C=O) groups is 1. The second-order valence-electron chi connectivity index (χ2n) is 17.9. The number of rotatable bonds is 45. The normalized spacial score (nSPS) is 20.0. The Bertz CT molecular complexity index is 1220. The van der Waals surface area contributed by atoms with Crippen molar-refractivity contribution in [3.05, 3.63) is 72.9 Å². The van der Waals surface area contributed by atoms with Crippen LogP contribution in [0.2, 0.25) is 0 Å². The predicted molar refractivity (Wildman–Crippen MR) is 270 cm³/mol. The third-order valence-electron chi connectivity index (χ3n) is 11.9. The van der Waals surface area contributed by atoms with Crippen LogP contribution >= 0.6 is 0 Å². The quantitative estimate of drug-likeness (QED) is 0.0267. The van der Waals surface area contributed by atoms with Crippen LogP contribution in [-0.4, -0.2) is 89.6 Å². The highest BCUT2D eigenvalue weighted by Crippen LogP contribution is 2.23. The Kier molecular flexibility index (Phi) is 43.6. The zero-order valence-electron chi connectivity index (χ0n) is 41.5. The number of ether oxygens (including phenoxy) is 4. The molecular formula is C56H98O9. The van der Waals surface area contributed by atoms with Crippen LogP contribution < -0.4 is 0 Å². The van der Waals surface area contributed by atoms with E-state index in [4.69, 9.17) is 18.9 Å². The van der Waals surface area contributed by atoms with Gasteiger partial charge in [0.25, 0.3) is 0 Å².